The number of ether oxygens (including phenoxy) is 3. The Morgan fingerprint density at radius 2 is 1.79 bits per heavy atom. The van der Waals surface area contributed by atoms with E-state index in [1.54, 1.807) is 7.11 Å². The van der Waals surface area contributed by atoms with Crippen molar-refractivity contribution in [1.29, 1.82) is 0 Å². The monoisotopic (exact) mass is 452 g/mol. The summed E-state index contributed by atoms with van der Waals surface area (Å²) in [7, 11) is 1.65. The molecule has 6 heteroatoms. The zero-order chi connectivity index (χ0) is 23.1. The Labute approximate surface area is 197 Å². The third-order valence-electron chi connectivity index (χ3n) is 6.95. The van der Waals surface area contributed by atoms with Crippen LogP contribution in [0, 0.1) is 5.92 Å². The molecule has 2 fully saturated rings. The van der Waals surface area contributed by atoms with Crippen molar-refractivity contribution in [3.63, 3.8) is 0 Å². The molecule has 1 amide bonds. The summed E-state index contributed by atoms with van der Waals surface area (Å²) in [6.07, 6.45) is 3.92. The fourth-order valence-corrected chi connectivity index (χ4v) is 4.94. The van der Waals surface area contributed by atoms with Gasteiger partial charge in [0.25, 0.3) is 0 Å². The molecule has 0 aliphatic carbocycles. The summed E-state index contributed by atoms with van der Waals surface area (Å²) in [5.41, 5.74) is 1.17. The predicted octanol–water partition coefficient (Wildman–Crippen LogP) is 4.49. The molecule has 2 saturated heterocycles. The molecule has 2 heterocycles. The van der Waals surface area contributed by atoms with Gasteiger partial charge in [-0.2, -0.15) is 0 Å². The number of anilines is 1. The molecule has 0 aromatic heterocycles. The van der Waals surface area contributed by atoms with Gasteiger partial charge < -0.3 is 19.5 Å². The first kappa shape index (κ1) is 23.6. The van der Waals surface area contributed by atoms with Crippen LogP contribution in [0.2, 0.25) is 0 Å². The second-order valence-corrected chi connectivity index (χ2v) is 9.30. The van der Waals surface area contributed by atoms with Gasteiger partial charge in [-0.25, -0.2) is 0 Å². The first-order valence-corrected chi connectivity index (χ1v) is 12.1. The van der Waals surface area contributed by atoms with Crippen molar-refractivity contribution in [2.45, 2.75) is 38.0 Å². The number of piperidine rings is 1. The van der Waals surface area contributed by atoms with Crippen LogP contribution in [0.1, 0.15) is 38.2 Å². The van der Waals surface area contributed by atoms with Crippen molar-refractivity contribution in [1.82, 2.24) is 4.90 Å². The Morgan fingerprint density at radius 1 is 1.09 bits per heavy atom. The third-order valence-corrected chi connectivity index (χ3v) is 6.95. The van der Waals surface area contributed by atoms with Crippen LogP contribution >= 0.6 is 0 Å². The van der Waals surface area contributed by atoms with E-state index in [0.717, 1.165) is 41.8 Å². The Kier molecular flexibility index (Phi) is 7.89. The third kappa shape index (κ3) is 5.87. The lowest BCUT2D eigenvalue weighted by molar-refractivity contribution is -0.125. The molecular weight excluding hydrogens is 416 g/mol. The molecule has 6 nitrogen and oxygen atoms in total. The molecule has 2 aliphatic rings. The van der Waals surface area contributed by atoms with Crippen molar-refractivity contribution in [3.8, 4) is 11.5 Å². The molecule has 1 atom stereocenters. The van der Waals surface area contributed by atoms with Crippen molar-refractivity contribution >= 4 is 11.6 Å². The number of rotatable bonds is 8. The highest BCUT2D eigenvalue weighted by molar-refractivity contribution is 5.99. The molecule has 1 N–H and O–H groups in total. The van der Waals surface area contributed by atoms with Crippen molar-refractivity contribution < 1.29 is 19.0 Å². The molecule has 0 radical (unpaired) electrons. The molecular formula is C27H36N2O4. The van der Waals surface area contributed by atoms with Crippen molar-refractivity contribution in [3.05, 3.63) is 54.1 Å². The fourth-order valence-electron chi connectivity index (χ4n) is 4.94. The predicted molar refractivity (Wildman–Crippen MR) is 130 cm³/mol. The molecule has 2 aromatic rings. The summed E-state index contributed by atoms with van der Waals surface area (Å²) in [4.78, 5) is 15.9. The number of hydrogen-bond acceptors (Lipinski definition) is 5. The maximum absolute atomic E-state index is 13.5. The molecule has 2 aliphatic heterocycles. The number of nitrogens with one attached hydrogen (secondary N) is 1. The van der Waals surface area contributed by atoms with Gasteiger partial charge in [-0.05, 0) is 80.1 Å². The van der Waals surface area contributed by atoms with Gasteiger partial charge in [-0.1, -0.05) is 19.1 Å². The molecule has 178 valence electrons. The largest absolute Gasteiger partial charge is 0.497 e. The summed E-state index contributed by atoms with van der Waals surface area (Å²) >= 11 is 0. The SMILES string of the molecule is COc1ccc(C2(C(=O)Nc3ccc(OCCN4CCC[C@@H](C)C4)cc3)CCOCC2)cc1. The highest BCUT2D eigenvalue weighted by Crippen LogP contribution is 2.37. The van der Waals surface area contributed by atoms with Crippen LogP contribution in [0.25, 0.3) is 0 Å². The maximum Gasteiger partial charge on any atom is 0.235 e. The first-order chi connectivity index (χ1) is 16.1. The molecule has 4 rings (SSSR count). The molecule has 0 bridgehead atoms. The topological polar surface area (TPSA) is 60.0 Å². The second kappa shape index (κ2) is 11.0. The number of carbonyl (C=O) groups excluding carboxylic acids is 1. The smallest absolute Gasteiger partial charge is 0.235 e. The van der Waals surface area contributed by atoms with E-state index in [1.165, 1.54) is 19.4 Å². The van der Waals surface area contributed by atoms with Gasteiger partial charge in [0.15, 0.2) is 0 Å². The number of hydrogen-bond donors (Lipinski definition) is 1. The maximum atomic E-state index is 13.5. The minimum absolute atomic E-state index is 0.00357. The van der Waals surface area contributed by atoms with Gasteiger partial charge in [0.2, 0.25) is 5.91 Å². The van der Waals surface area contributed by atoms with Gasteiger partial charge in [-0.15, -0.1) is 0 Å². The van der Waals surface area contributed by atoms with Crippen LogP contribution in [0.4, 0.5) is 5.69 Å². The fraction of sp³-hybridized carbons (Fsp3) is 0.519. The minimum Gasteiger partial charge on any atom is -0.497 e. The first-order valence-electron chi connectivity index (χ1n) is 12.1. The number of methoxy groups -OCH3 is 1. The van der Waals surface area contributed by atoms with Crippen molar-refractivity contribution in [2.75, 3.05) is 51.9 Å². The van der Waals surface area contributed by atoms with Crippen LogP contribution in [-0.4, -0.2) is 57.4 Å². The molecule has 0 saturated carbocycles. The summed E-state index contributed by atoms with van der Waals surface area (Å²) in [5, 5.41) is 3.13. The van der Waals surface area contributed by atoms with E-state index in [2.05, 4.69) is 17.1 Å². The zero-order valence-corrected chi connectivity index (χ0v) is 19.8. The van der Waals surface area contributed by atoms with Crippen LogP contribution in [-0.2, 0) is 14.9 Å². The molecule has 0 unspecified atom stereocenters. The van der Waals surface area contributed by atoms with Crippen LogP contribution in [0.3, 0.4) is 0 Å². The summed E-state index contributed by atoms with van der Waals surface area (Å²) in [5.74, 6) is 2.39. The summed E-state index contributed by atoms with van der Waals surface area (Å²) in [6.45, 7) is 7.42. The van der Waals surface area contributed by atoms with Gasteiger partial charge in [0, 0.05) is 32.0 Å². The number of likely N-dealkylation sites (tertiary alicyclic amines) is 1. The summed E-state index contributed by atoms with van der Waals surface area (Å²) < 4.78 is 16.8. The Bertz CT molecular complexity index is 891. The van der Waals surface area contributed by atoms with E-state index in [4.69, 9.17) is 14.2 Å². The zero-order valence-electron chi connectivity index (χ0n) is 19.8. The van der Waals surface area contributed by atoms with E-state index >= 15 is 0 Å². The average Bonchev–Trinajstić information content (AvgIpc) is 2.85. The highest BCUT2D eigenvalue weighted by Gasteiger charge is 2.41. The van der Waals surface area contributed by atoms with Gasteiger partial charge in [0.1, 0.15) is 18.1 Å². The van der Waals surface area contributed by atoms with Crippen LogP contribution in [0.5, 0.6) is 11.5 Å². The van der Waals surface area contributed by atoms with E-state index in [-0.39, 0.29) is 5.91 Å². The lowest BCUT2D eigenvalue weighted by Gasteiger charge is -2.36. The Morgan fingerprint density at radius 3 is 2.45 bits per heavy atom. The normalized spacial score (nSPS) is 20.7. The number of amides is 1. The van der Waals surface area contributed by atoms with E-state index < -0.39 is 5.41 Å². The number of benzene rings is 2. The van der Waals surface area contributed by atoms with Gasteiger partial charge >= 0.3 is 0 Å². The minimum atomic E-state index is -0.606. The Balaban J connectivity index is 1.36. The average molecular weight is 453 g/mol. The lowest BCUT2D eigenvalue weighted by atomic mass is 9.73. The number of carbonyl (C=O) groups is 1. The highest BCUT2D eigenvalue weighted by atomic mass is 16.5. The summed E-state index contributed by atoms with van der Waals surface area (Å²) in [6, 6.07) is 15.5. The Hall–Kier alpha value is -2.57. The molecule has 0 spiro atoms. The molecule has 2 aromatic carbocycles. The standard InChI is InChI=1S/C27H36N2O4/c1-21-4-3-15-29(20-21)16-19-33-25-11-7-23(8-12-25)28-26(30)27(13-17-32-18-14-27)22-5-9-24(31-2)10-6-22/h5-12,21H,3-4,13-20H2,1-2H3,(H,28,30)/t21-/m1/s1. The van der Waals surface area contributed by atoms with Crippen molar-refractivity contribution in [2.24, 2.45) is 5.92 Å². The van der Waals surface area contributed by atoms with Gasteiger partial charge in [0.05, 0.1) is 12.5 Å². The van der Waals surface area contributed by atoms with Crippen LogP contribution in [0.15, 0.2) is 48.5 Å². The number of nitrogens with zero attached hydrogens (tertiary/aromatic N) is 1. The lowest BCUT2D eigenvalue weighted by Crippen LogP contribution is -2.44. The van der Waals surface area contributed by atoms with Gasteiger partial charge in [-0.3, -0.25) is 9.69 Å². The van der Waals surface area contributed by atoms with E-state index in [1.807, 2.05) is 48.5 Å². The van der Waals surface area contributed by atoms with E-state index in [9.17, 15) is 4.79 Å². The quantitative estimate of drug-likeness (QED) is 0.639. The van der Waals surface area contributed by atoms with E-state index in [0.29, 0.717) is 32.7 Å². The second-order valence-electron chi connectivity index (χ2n) is 9.30. The van der Waals surface area contributed by atoms with Crippen LogP contribution < -0.4 is 14.8 Å². The molecule has 33 heavy (non-hydrogen) atoms.